The summed E-state index contributed by atoms with van der Waals surface area (Å²) in [5.41, 5.74) is -0.928. The molecule has 0 radical (unpaired) electrons. The summed E-state index contributed by atoms with van der Waals surface area (Å²) in [6.45, 7) is 4.91. The van der Waals surface area contributed by atoms with Crippen LogP contribution in [-0.2, 0) is 9.59 Å². The fourth-order valence-electron chi connectivity index (χ4n) is 3.24. The average Bonchev–Trinajstić information content (AvgIpc) is 2.58. The van der Waals surface area contributed by atoms with E-state index in [1.165, 1.54) is 0 Å². The van der Waals surface area contributed by atoms with Gasteiger partial charge in [0.25, 0.3) is 0 Å². The normalized spacial score (nSPS) is 25.2. The van der Waals surface area contributed by atoms with Gasteiger partial charge in [-0.1, -0.05) is 11.6 Å². The Labute approximate surface area is 140 Å². The first-order valence-corrected chi connectivity index (χ1v) is 8.33. The Balaban J connectivity index is 1.66. The van der Waals surface area contributed by atoms with Crippen molar-refractivity contribution < 1.29 is 9.59 Å². The van der Waals surface area contributed by atoms with Gasteiger partial charge in [0.2, 0.25) is 11.8 Å². The zero-order valence-electron chi connectivity index (χ0n) is 13.2. The second-order valence-electron chi connectivity index (χ2n) is 6.28. The molecule has 0 aliphatic carbocycles. The minimum absolute atomic E-state index is 0.0681. The highest BCUT2D eigenvalue weighted by Crippen LogP contribution is 2.30. The lowest BCUT2D eigenvalue weighted by Crippen LogP contribution is -2.58. The van der Waals surface area contributed by atoms with Crippen LogP contribution < -0.4 is 10.2 Å². The molecule has 2 saturated heterocycles. The number of aromatic nitrogens is 1. The van der Waals surface area contributed by atoms with E-state index >= 15 is 0 Å². The molecular weight excluding hydrogens is 316 g/mol. The number of amides is 2. The van der Waals surface area contributed by atoms with Gasteiger partial charge in [-0.3, -0.25) is 9.59 Å². The number of piperidine rings is 1. The highest BCUT2D eigenvalue weighted by atomic mass is 35.5. The van der Waals surface area contributed by atoms with Crippen LogP contribution >= 0.6 is 11.6 Å². The number of pyridine rings is 1. The van der Waals surface area contributed by atoms with Crippen LogP contribution in [0.1, 0.15) is 19.8 Å². The number of carbonyl (C=O) groups excluding carboxylic acids is 2. The smallest absolute Gasteiger partial charge is 0.238 e. The van der Waals surface area contributed by atoms with Gasteiger partial charge < -0.3 is 15.1 Å². The topological polar surface area (TPSA) is 65.5 Å². The summed E-state index contributed by atoms with van der Waals surface area (Å²) in [6.07, 6.45) is 3.17. The summed E-state index contributed by atoms with van der Waals surface area (Å²) in [5, 5.41) is 3.43. The Morgan fingerprint density at radius 1 is 1.35 bits per heavy atom. The average molecular weight is 337 g/mol. The van der Waals surface area contributed by atoms with Crippen LogP contribution in [0.25, 0.3) is 0 Å². The second-order valence-corrected chi connectivity index (χ2v) is 6.69. The van der Waals surface area contributed by atoms with Crippen LogP contribution in [-0.4, -0.2) is 54.4 Å². The van der Waals surface area contributed by atoms with E-state index < -0.39 is 5.41 Å². The van der Waals surface area contributed by atoms with Gasteiger partial charge in [0, 0.05) is 38.9 Å². The van der Waals surface area contributed by atoms with Crippen molar-refractivity contribution in [2.24, 2.45) is 5.41 Å². The monoisotopic (exact) mass is 336 g/mol. The Morgan fingerprint density at radius 3 is 2.74 bits per heavy atom. The number of rotatable bonds is 2. The third-order valence-corrected chi connectivity index (χ3v) is 5.01. The maximum absolute atomic E-state index is 12.8. The first-order valence-electron chi connectivity index (χ1n) is 7.95. The van der Waals surface area contributed by atoms with E-state index in [9.17, 15) is 9.59 Å². The number of nitrogens with zero attached hydrogens (tertiary/aromatic N) is 3. The lowest BCUT2D eigenvalue weighted by atomic mass is 9.80. The molecular formula is C16H21ClN4O2. The molecule has 7 heteroatoms. The first-order chi connectivity index (χ1) is 11.0. The number of nitrogens with one attached hydrogen (secondary N) is 1. The van der Waals surface area contributed by atoms with Crippen LogP contribution in [0.2, 0.25) is 5.02 Å². The van der Waals surface area contributed by atoms with E-state index in [2.05, 4.69) is 15.2 Å². The molecule has 0 aromatic carbocycles. The molecule has 2 aliphatic rings. The van der Waals surface area contributed by atoms with Crippen molar-refractivity contribution in [3.05, 3.63) is 23.4 Å². The third kappa shape index (κ3) is 3.00. The molecule has 2 fully saturated rings. The number of hydrogen-bond donors (Lipinski definition) is 1. The number of hydrogen-bond acceptors (Lipinski definition) is 4. The summed E-state index contributed by atoms with van der Waals surface area (Å²) < 4.78 is 0. The summed E-state index contributed by atoms with van der Waals surface area (Å²) in [5.74, 6) is 0.535. The molecule has 1 aromatic heterocycles. The van der Waals surface area contributed by atoms with E-state index in [1.54, 1.807) is 24.1 Å². The molecule has 0 spiro atoms. The van der Waals surface area contributed by atoms with Gasteiger partial charge in [0.15, 0.2) is 0 Å². The molecule has 1 aromatic rings. The Kier molecular flexibility index (Phi) is 4.43. The van der Waals surface area contributed by atoms with E-state index in [4.69, 9.17) is 11.6 Å². The van der Waals surface area contributed by atoms with Gasteiger partial charge in [-0.25, -0.2) is 4.98 Å². The summed E-state index contributed by atoms with van der Waals surface area (Å²) >= 11 is 6.18. The number of carbonyl (C=O) groups is 2. The molecule has 2 amide bonds. The molecule has 6 nitrogen and oxygen atoms in total. The third-order valence-electron chi connectivity index (χ3n) is 4.72. The lowest BCUT2D eigenvalue weighted by molar-refractivity contribution is -0.152. The maximum Gasteiger partial charge on any atom is 0.238 e. The second kappa shape index (κ2) is 6.35. The molecule has 1 unspecified atom stereocenters. The van der Waals surface area contributed by atoms with Crippen molar-refractivity contribution in [1.82, 2.24) is 15.2 Å². The van der Waals surface area contributed by atoms with E-state index in [0.29, 0.717) is 44.2 Å². The predicted octanol–water partition coefficient (Wildman–Crippen LogP) is 1.30. The number of anilines is 1. The number of halogens is 1. The van der Waals surface area contributed by atoms with E-state index in [1.807, 2.05) is 6.07 Å². The number of piperazine rings is 1. The van der Waals surface area contributed by atoms with Crippen LogP contribution in [0.15, 0.2) is 18.3 Å². The van der Waals surface area contributed by atoms with Crippen molar-refractivity contribution >= 4 is 29.2 Å². The van der Waals surface area contributed by atoms with Crippen molar-refractivity contribution in [2.75, 3.05) is 37.6 Å². The zero-order chi connectivity index (χ0) is 16.4. The predicted molar refractivity (Wildman–Crippen MR) is 88.4 cm³/mol. The van der Waals surface area contributed by atoms with Crippen LogP contribution in [0.5, 0.6) is 0 Å². The highest BCUT2D eigenvalue weighted by molar-refractivity contribution is 6.32. The van der Waals surface area contributed by atoms with Gasteiger partial charge in [-0.05, 0) is 31.9 Å². The van der Waals surface area contributed by atoms with Crippen LogP contribution in [0, 0.1) is 5.41 Å². The summed E-state index contributed by atoms with van der Waals surface area (Å²) in [7, 11) is 0. The molecule has 2 aliphatic heterocycles. The molecule has 0 bridgehead atoms. The van der Waals surface area contributed by atoms with Gasteiger partial charge in [0.1, 0.15) is 11.2 Å². The maximum atomic E-state index is 12.8. The van der Waals surface area contributed by atoms with Crippen molar-refractivity contribution in [1.29, 1.82) is 0 Å². The minimum Gasteiger partial charge on any atom is -0.355 e. The lowest BCUT2D eigenvalue weighted by Gasteiger charge is -2.40. The quantitative estimate of drug-likeness (QED) is 0.827. The van der Waals surface area contributed by atoms with Crippen molar-refractivity contribution in [3.63, 3.8) is 0 Å². The SMILES string of the molecule is CC1(C(=O)N2CCN(c3ncccc3Cl)CC2)CCCNC1=O. The molecule has 3 rings (SSSR count). The largest absolute Gasteiger partial charge is 0.355 e. The summed E-state index contributed by atoms with van der Waals surface area (Å²) in [4.78, 5) is 33.1. The minimum atomic E-state index is -0.928. The zero-order valence-corrected chi connectivity index (χ0v) is 14.0. The van der Waals surface area contributed by atoms with E-state index in [0.717, 1.165) is 12.2 Å². The highest BCUT2D eigenvalue weighted by Gasteiger charge is 2.45. The Hall–Kier alpha value is -1.82. The molecule has 1 N–H and O–H groups in total. The molecule has 23 heavy (non-hydrogen) atoms. The fourth-order valence-corrected chi connectivity index (χ4v) is 3.48. The van der Waals surface area contributed by atoms with Crippen molar-refractivity contribution in [2.45, 2.75) is 19.8 Å². The molecule has 1 atom stereocenters. The standard InChI is InChI=1S/C16H21ClN4O2/c1-16(5-3-7-19-14(16)22)15(23)21-10-8-20(9-11-21)13-12(17)4-2-6-18-13/h2,4,6H,3,5,7-11H2,1H3,(H,19,22). The summed E-state index contributed by atoms with van der Waals surface area (Å²) in [6, 6.07) is 3.61. The van der Waals surface area contributed by atoms with Crippen LogP contribution in [0.4, 0.5) is 5.82 Å². The molecule has 124 valence electrons. The van der Waals surface area contributed by atoms with Gasteiger partial charge >= 0.3 is 0 Å². The molecule has 3 heterocycles. The van der Waals surface area contributed by atoms with Gasteiger partial charge in [-0.15, -0.1) is 0 Å². The van der Waals surface area contributed by atoms with Crippen LogP contribution in [0.3, 0.4) is 0 Å². The fraction of sp³-hybridized carbons (Fsp3) is 0.562. The van der Waals surface area contributed by atoms with E-state index in [-0.39, 0.29) is 11.8 Å². The first kappa shape index (κ1) is 16.1. The van der Waals surface area contributed by atoms with Gasteiger partial charge in [0.05, 0.1) is 5.02 Å². The Bertz CT molecular complexity index is 616. The molecule has 0 saturated carbocycles. The Morgan fingerprint density at radius 2 is 2.09 bits per heavy atom. The van der Waals surface area contributed by atoms with Gasteiger partial charge in [-0.2, -0.15) is 0 Å². The van der Waals surface area contributed by atoms with Crippen molar-refractivity contribution in [3.8, 4) is 0 Å².